The molecule has 0 spiro atoms. The van der Waals surface area contributed by atoms with E-state index >= 15 is 0 Å². The molecule has 4 nitrogen and oxygen atoms in total. The molecule has 92 valence electrons. The highest BCUT2D eigenvalue weighted by molar-refractivity contribution is 6.31. The van der Waals surface area contributed by atoms with Gasteiger partial charge in [0.25, 0.3) is 0 Å². The second kappa shape index (κ2) is 5.38. The molecule has 2 N–H and O–H groups in total. The third-order valence-electron chi connectivity index (χ3n) is 2.76. The molecular weight excluding hydrogens is 242 g/mol. The molecule has 0 bridgehead atoms. The standard InChI is InChI=1S/C12H14ClNO3/c13-8-3-4-11(10(6-8)12(15)16)14-7-9-2-1-5-17-9/h3-4,6,9,14H,1-2,5,7H2,(H,15,16). The molecule has 1 fully saturated rings. The summed E-state index contributed by atoms with van der Waals surface area (Å²) < 4.78 is 5.46. The average molecular weight is 256 g/mol. The number of anilines is 1. The van der Waals surface area contributed by atoms with E-state index in [-0.39, 0.29) is 11.7 Å². The van der Waals surface area contributed by atoms with Gasteiger partial charge in [0.2, 0.25) is 0 Å². The molecular formula is C12H14ClNO3. The van der Waals surface area contributed by atoms with Crippen LogP contribution in [-0.2, 0) is 4.74 Å². The molecule has 17 heavy (non-hydrogen) atoms. The van der Waals surface area contributed by atoms with Crippen LogP contribution in [0.3, 0.4) is 0 Å². The van der Waals surface area contributed by atoms with Crippen molar-refractivity contribution in [3.05, 3.63) is 28.8 Å². The molecule has 0 amide bonds. The Bertz CT molecular complexity index is 416. The summed E-state index contributed by atoms with van der Waals surface area (Å²) in [6, 6.07) is 4.80. The van der Waals surface area contributed by atoms with Gasteiger partial charge >= 0.3 is 5.97 Å². The van der Waals surface area contributed by atoms with E-state index < -0.39 is 5.97 Å². The largest absolute Gasteiger partial charge is 0.478 e. The maximum atomic E-state index is 11.0. The van der Waals surface area contributed by atoms with Gasteiger partial charge < -0.3 is 15.2 Å². The Morgan fingerprint density at radius 3 is 3.06 bits per heavy atom. The summed E-state index contributed by atoms with van der Waals surface area (Å²) in [4.78, 5) is 11.0. The lowest BCUT2D eigenvalue weighted by Gasteiger charge is -2.13. The van der Waals surface area contributed by atoms with Crippen LogP contribution in [0.1, 0.15) is 23.2 Å². The molecule has 2 rings (SSSR count). The molecule has 0 aromatic heterocycles. The quantitative estimate of drug-likeness (QED) is 0.868. The van der Waals surface area contributed by atoms with E-state index in [1.807, 2.05) is 0 Å². The lowest BCUT2D eigenvalue weighted by molar-refractivity contribution is 0.0697. The van der Waals surface area contributed by atoms with Gasteiger partial charge in [-0.3, -0.25) is 0 Å². The van der Waals surface area contributed by atoms with Gasteiger partial charge in [-0.15, -0.1) is 0 Å². The molecule has 1 atom stereocenters. The van der Waals surface area contributed by atoms with E-state index in [9.17, 15) is 4.79 Å². The summed E-state index contributed by atoms with van der Waals surface area (Å²) in [6.45, 7) is 1.42. The minimum absolute atomic E-state index is 0.173. The third-order valence-corrected chi connectivity index (χ3v) is 2.99. The Balaban J connectivity index is 2.06. The van der Waals surface area contributed by atoms with E-state index in [1.165, 1.54) is 6.07 Å². The van der Waals surface area contributed by atoms with Crippen LogP contribution < -0.4 is 5.32 Å². The number of hydrogen-bond donors (Lipinski definition) is 2. The van der Waals surface area contributed by atoms with Crippen molar-refractivity contribution in [2.75, 3.05) is 18.5 Å². The molecule has 0 radical (unpaired) electrons. The Labute approximate surface area is 105 Å². The van der Waals surface area contributed by atoms with E-state index in [4.69, 9.17) is 21.4 Å². The number of carboxylic acid groups (broad SMARTS) is 1. The highest BCUT2D eigenvalue weighted by Crippen LogP contribution is 2.21. The zero-order chi connectivity index (χ0) is 12.3. The van der Waals surface area contributed by atoms with E-state index in [1.54, 1.807) is 12.1 Å². The summed E-state index contributed by atoms with van der Waals surface area (Å²) in [7, 11) is 0. The van der Waals surface area contributed by atoms with Gasteiger partial charge in [0, 0.05) is 23.9 Å². The number of halogens is 1. The second-order valence-electron chi connectivity index (χ2n) is 4.01. The van der Waals surface area contributed by atoms with Crippen LogP contribution in [0.5, 0.6) is 0 Å². The van der Waals surface area contributed by atoms with Crippen LogP contribution in [0.2, 0.25) is 5.02 Å². The van der Waals surface area contributed by atoms with Gasteiger partial charge in [-0.05, 0) is 31.0 Å². The first-order chi connectivity index (χ1) is 8.16. The first-order valence-corrected chi connectivity index (χ1v) is 5.93. The molecule has 1 aromatic rings. The Hall–Kier alpha value is -1.26. The molecule has 1 saturated heterocycles. The topological polar surface area (TPSA) is 58.6 Å². The molecule has 1 heterocycles. The SMILES string of the molecule is O=C(O)c1cc(Cl)ccc1NCC1CCCO1. The number of benzene rings is 1. The number of carboxylic acids is 1. The Kier molecular flexibility index (Phi) is 3.86. The van der Waals surface area contributed by atoms with Crippen molar-refractivity contribution in [2.45, 2.75) is 18.9 Å². The van der Waals surface area contributed by atoms with Gasteiger partial charge in [-0.2, -0.15) is 0 Å². The summed E-state index contributed by atoms with van der Waals surface area (Å²) in [5.74, 6) is -0.984. The maximum Gasteiger partial charge on any atom is 0.337 e. The molecule has 1 aromatic carbocycles. The van der Waals surface area contributed by atoms with Crippen LogP contribution >= 0.6 is 11.6 Å². The van der Waals surface area contributed by atoms with Gasteiger partial charge in [-0.25, -0.2) is 4.79 Å². The van der Waals surface area contributed by atoms with Crippen LogP contribution in [0.4, 0.5) is 5.69 Å². The molecule has 1 unspecified atom stereocenters. The first kappa shape index (κ1) is 12.2. The number of carbonyl (C=O) groups is 1. The molecule has 1 aliphatic heterocycles. The number of aromatic carboxylic acids is 1. The number of ether oxygens (including phenoxy) is 1. The first-order valence-electron chi connectivity index (χ1n) is 5.55. The van der Waals surface area contributed by atoms with Crippen molar-refractivity contribution < 1.29 is 14.6 Å². The fraction of sp³-hybridized carbons (Fsp3) is 0.417. The average Bonchev–Trinajstić information content (AvgIpc) is 2.80. The van der Waals surface area contributed by atoms with Gasteiger partial charge in [0.05, 0.1) is 11.7 Å². The van der Waals surface area contributed by atoms with Crippen molar-refractivity contribution in [3.8, 4) is 0 Å². The number of nitrogens with one attached hydrogen (secondary N) is 1. The van der Waals surface area contributed by atoms with Gasteiger partial charge in [-0.1, -0.05) is 11.6 Å². The number of hydrogen-bond acceptors (Lipinski definition) is 3. The van der Waals surface area contributed by atoms with Crippen molar-refractivity contribution >= 4 is 23.3 Å². The lowest BCUT2D eigenvalue weighted by atomic mass is 10.1. The minimum atomic E-state index is -0.984. The van der Waals surface area contributed by atoms with Crippen molar-refractivity contribution in [2.24, 2.45) is 0 Å². The maximum absolute atomic E-state index is 11.0. The number of rotatable bonds is 4. The van der Waals surface area contributed by atoms with Crippen LogP contribution in [0.25, 0.3) is 0 Å². The predicted molar refractivity (Wildman–Crippen MR) is 65.9 cm³/mol. The fourth-order valence-electron chi connectivity index (χ4n) is 1.88. The van der Waals surface area contributed by atoms with Crippen molar-refractivity contribution in [3.63, 3.8) is 0 Å². The molecule has 1 aliphatic rings. The highest BCUT2D eigenvalue weighted by atomic mass is 35.5. The highest BCUT2D eigenvalue weighted by Gasteiger charge is 2.16. The molecule has 5 heteroatoms. The van der Waals surface area contributed by atoms with Crippen LogP contribution in [0.15, 0.2) is 18.2 Å². The van der Waals surface area contributed by atoms with Crippen LogP contribution in [0, 0.1) is 0 Å². The minimum Gasteiger partial charge on any atom is -0.478 e. The summed E-state index contributed by atoms with van der Waals surface area (Å²) in [5, 5.41) is 12.6. The Morgan fingerprint density at radius 2 is 2.41 bits per heavy atom. The normalized spacial score (nSPS) is 19.2. The predicted octanol–water partition coefficient (Wildman–Crippen LogP) is 2.63. The monoisotopic (exact) mass is 255 g/mol. The third kappa shape index (κ3) is 3.11. The molecule has 0 saturated carbocycles. The van der Waals surface area contributed by atoms with Crippen LogP contribution in [-0.4, -0.2) is 30.3 Å². The summed E-state index contributed by atoms with van der Waals surface area (Å²) in [6.07, 6.45) is 2.26. The zero-order valence-electron chi connectivity index (χ0n) is 9.28. The summed E-state index contributed by atoms with van der Waals surface area (Å²) in [5.41, 5.74) is 0.771. The summed E-state index contributed by atoms with van der Waals surface area (Å²) >= 11 is 5.77. The lowest BCUT2D eigenvalue weighted by Crippen LogP contribution is -2.19. The van der Waals surface area contributed by atoms with Gasteiger partial charge in [0.1, 0.15) is 0 Å². The second-order valence-corrected chi connectivity index (χ2v) is 4.45. The molecule has 0 aliphatic carbocycles. The fourth-order valence-corrected chi connectivity index (χ4v) is 2.05. The smallest absolute Gasteiger partial charge is 0.337 e. The van der Waals surface area contributed by atoms with E-state index in [0.717, 1.165) is 19.4 Å². The van der Waals surface area contributed by atoms with E-state index in [2.05, 4.69) is 5.32 Å². The van der Waals surface area contributed by atoms with Crippen molar-refractivity contribution in [1.82, 2.24) is 0 Å². The zero-order valence-corrected chi connectivity index (χ0v) is 10.0. The van der Waals surface area contributed by atoms with Crippen molar-refractivity contribution in [1.29, 1.82) is 0 Å². The van der Waals surface area contributed by atoms with Gasteiger partial charge in [0.15, 0.2) is 0 Å². The Morgan fingerprint density at radius 1 is 1.59 bits per heavy atom. The van der Waals surface area contributed by atoms with E-state index in [0.29, 0.717) is 17.3 Å².